The molecule has 1 aromatic carbocycles. The van der Waals surface area contributed by atoms with Crippen molar-refractivity contribution >= 4 is 28.9 Å². The summed E-state index contributed by atoms with van der Waals surface area (Å²) < 4.78 is 58.1. The first kappa shape index (κ1) is 23.4. The molecule has 12 heteroatoms. The number of pyridine rings is 1. The van der Waals surface area contributed by atoms with Crippen molar-refractivity contribution in [1.82, 2.24) is 15.0 Å². The van der Waals surface area contributed by atoms with Crippen molar-refractivity contribution in [1.29, 1.82) is 0 Å². The van der Waals surface area contributed by atoms with E-state index in [-0.39, 0.29) is 11.8 Å². The Morgan fingerprint density at radius 1 is 1.06 bits per heavy atom. The van der Waals surface area contributed by atoms with Gasteiger partial charge in [-0.2, -0.15) is 23.3 Å². The van der Waals surface area contributed by atoms with Crippen LogP contribution in [0.4, 0.5) is 40.7 Å². The SMILES string of the molecule is C/C(=N\Nc1ncc(F)c(N2CCOCC2)n1)c1ccc(Nc2cccc(C(F)(F)F)c2)cn1. The predicted molar refractivity (Wildman–Crippen MR) is 120 cm³/mol. The maximum Gasteiger partial charge on any atom is 0.416 e. The normalized spacial score (nSPS) is 14.7. The smallest absolute Gasteiger partial charge is 0.378 e. The monoisotopic (exact) mass is 475 g/mol. The van der Waals surface area contributed by atoms with Crippen molar-refractivity contribution in [3.8, 4) is 0 Å². The lowest BCUT2D eigenvalue weighted by molar-refractivity contribution is -0.137. The molecule has 1 fully saturated rings. The molecule has 0 aliphatic carbocycles. The lowest BCUT2D eigenvalue weighted by Gasteiger charge is -2.27. The summed E-state index contributed by atoms with van der Waals surface area (Å²) in [6, 6.07) is 8.24. The lowest BCUT2D eigenvalue weighted by Crippen LogP contribution is -2.37. The molecule has 1 aliphatic rings. The van der Waals surface area contributed by atoms with Gasteiger partial charge in [-0.15, -0.1) is 0 Å². The molecule has 0 saturated carbocycles. The van der Waals surface area contributed by atoms with Crippen LogP contribution in [0.2, 0.25) is 0 Å². The van der Waals surface area contributed by atoms with Crippen molar-refractivity contribution in [3.05, 3.63) is 65.9 Å². The largest absolute Gasteiger partial charge is 0.416 e. The molecule has 2 aromatic heterocycles. The molecule has 4 rings (SSSR count). The highest BCUT2D eigenvalue weighted by atomic mass is 19.4. The van der Waals surface area contributed by atoms with E-state index in [9.17, 15) is 17.6 Å². The van der Waals surface area contributed by atoms with Gasteiger partial charge < -0.3 is 15.0 Å². The second-order valence-corrected chi connectivity index (χ2v) is 7.41. The molecule has 3 aromatic rings. The first-order valence-electron chi connectivity index (χ1n) is 10.4. The van der Waals surface area contributed by atoms with Crippen LogP contribution in [0.25, 0.3) is 0 Å². The van der Waals surface area contributed by atoms with Crippen molar-refractivity contribution in [2.24, 2.45) is 5.10 Å². The van der Waals surface area contributed by atoms with Gasteiger partial charge in [-0.3, -0.25) is 4.98 Å². The van der Waals surface area contributed by atoms with E-state index < -0.39 is 17.6 Å². The standard InChI is InChI=1S/C22H21F4N7O/c1-14(31-32-21-28-13-18(23)20(30-21)33-7-9-34-10-8-33)19-6-5-17(12-27-19)29-16-4-2-3-15(11-16)22(24,25)26/h2-6,11-13,29H,7-10H2,1H3,(H,28,30,32)/b31-14+. The summed E-state index contributed by atoms with van der Waals surface area (Å²) in [4.78, 5) is 14.2. The van der Waals surface area contributed by atoms with Crippen molar-refractivity contribution in [2.45, 2.75) is 13.1 Å². The Morgan fingerprint density at radius 2 is 1.85 bits per heavy atom. The molecule has 0 unspecified atom stereocenters. The van der Waals surface area contributed by atoms with E-state index in [1.54, 1.807) is 24.0 Å². The number of rotatable bonds is 6. The summed E-state index contributed by atoms with van der Waals surface area (Å²) in [5.41, 5.74) is 3.80. The Hall–Kier alpha value is -3.80. The number of nitrogens with zero attached hydrogens (tertiary/aromatic N) is 5. The van der Waals surface area contributed by atoms with E-state index in [2.05, 4.69) is 30.8 Å². The molecular weight excluding hydrogens is 454 g/mol. The Labute approximate surface area is 192 Å². The molecule has 34 heavy (non-hydrogen) atoms. The van der Waals surface area contributed by atoms with Gasteiger partial charge in [0.05, 0.1) is 48.3 Å². The summed E-state index contributed by atoms with van der Waals surface area (Å²) in [6.45, 7) is 3.75. The summed E-state index contributed by atoms with van der Waals surface area (Å²) >= 11 is 0. The Balaban J connectivity index is 1.42. The highest BCUT2D eigenvalue weighted by molar-refractivity contribution is 5.97. The fraction of sp³-hybridized carbons (Fsp3) is 0.273. The van der Waals surface area contributed by atoms with E-state index in [1.807, 2.05) is 0 Å². The highest BCUT2D eigenvalue weighted by Crippen LogP contribution is 2.31. The third-order valence-corrected chi connectivity index (χ3v) is 4.97. The van der Waals surface area contributed by atoms with Crippen LogP contribution in [0.5, 0.6) is 0 Å². The number of ether oxygens (including phenoxy) is 1. The maximum atomic E-state index is 14.1. The zero-order valence-corrected chi connectivity index (χ0v) is 18.1. The van der Waals surface area contributed by atoms with Crippen molar-refractivity contribution < 1.29 is 22.3 Å². The summed E-state index contributed by atoms with van der Waals surface area (Å²) in [5, 5.41) is 7.10. The van der Waals surface area contributed by atoms with Crippen LogP contribution in [0.3, 0.4) is 0 Å². The molecule has 0 amide bonds. The van der Waals surface area contributed by atoms with Crippen LogP contribution < -0.4 is 15.6 Å². The van der Waals surface area contributed by atoms with Gasteiger partial charge >= 0.3 is 6.18 Å². The number of aromatic nitrogens is 3. The third kappa shape index (κ3) is 5.76. The van der Waals surface area contributed by atoms with Crippen LogP contribution in [0.1, 0.15) is 18.2 Å². The molecule has 8 nitrogen and oxygen atoms in total. The minimum Gasteiger partial charge on any atom is -0.378 e. The molecule has 178 valence electrons. The second-order valence-electron chi connectivity index (χ2n) is 7.41. The molecule has 0 atom stereocenters. The van der Waals surface area contributed by atoms with Crippen molar-refractivity contribution in [3.63, 3.8) is 0 Å². The average Bonchev–Trinajstić information content (AvgIpc) is 2.84. The maximum absolute atomic E-state index is 14.1. The second kappa shape index (κ2) is 10.00. The van der Waals surface area contributed by atoms with Gasteiger partial charge in [0.1, 0.15) is 0 Å². The third-order valence-electron chi connectivity index (χ3n) is 4.97. The number of hydrazone groups is 1. The molecule has 0 radical (unpaired) electrons. The van der Waals surface area contributed by atoms with E-state index in [4.69, 9.17) is 4.74 Å². The number of hydrogen-bond donors (Lipinski definition) is 2. The topological polar surface area (TPSA) is 87.6 Å². The van der Waals surface area contributed by atoms with Crippen LogP contribution in [0, 0.1) is 5.82 Å². The summed E-state index contributed by atoms with van der Waals surface area (Å²) in [5.74, 6) is -0.222. The fourth-order valence-corrected chi connectivity index (χ4v) is 3.22. The number of anilines is 4. The van der Waals surface area contributed by atoms with Gasteiger partial charge in [-0.05, 0) is 37.3 Å². The minimum atomic E-state index is -4.42. The average molecular weight is 475 g/mol. The molecule has 2 N–H and O–H groups in total. The molecule has 1 saturated heterocycles. The van der Waals surface area contributed by atoms with Crippen LogP contribution in [0.15, 0.2) is 53.9 Å². The first-order valence-corrected chi connectivity index (χ1v) is 10.4. The molecule has 3 heterocycles. The number of nitrogens with one attached hydrogen (secondary N) is 2. The highest BCUT2D eigenvalue weighted by Gasteiger charge is 2.30. The molecule has 0 bridgehead atoms. The van der Waals surface area contributed by atoms with Gasteiger partial charge in [0, 0.05) is 18.8 Å². The zero-order valence-electron chi connectivity index (χ0n) is 18.1. The Kier molecular flexibility index (Phi) is 6.87. The molecular formula is C22H21F4N7O. The van der Waals surface area contributed by atoms with Crippen LogP contribution >= 0.6 is 0 Å². The number of morpholine rings is 1. The Bertz CT molecular complexity index is 1160. The van der Waals surface area contributed by atoms with Gasteiger partial charge in [0.2, 0.25) is 5.95 Å². The summed E-state index contributed by atoms with van der Waals surface area (Å²) in [6.07, 6.45) is -1.85. The van der Waals surface area contributed by atoms with Crippen molar-refractivity contribution in [2.75, 3.05) is 41.9 Å². The van der Waals surface area contributed by atoms with Gasteiger partial charge in [0.15, 0.2) is 11.6 Å². The number of hydrogen-bond acceptors (Lipinski definition) is 8. The van der Waals surface area contributed by atoms with Gasteiger partial charge in [-0.1, -0.05) is 6.07 Å². The number of benzene rings is 1. The molecule has 0 spiro atoms. The molecule has 1 aliphatic heterocycles. The predicted octanol–water partition coefficient (Wildman–Crippen LogP) is 4.45. The minimum absolute atomic E-state index is 0.130. The van der Waals surface area contributed by atoms with Gasteiger partial charge in [0.25, 0.3) is 0 Å². The van der Waals surface area contributed by atoms with E-state index in [1.165, 1.54) is 18.3 Å². The van der Waals surface area contributed by atoms with Gasteiger partial charge in [-0.25, -0.2) is 14.8 Å². The number of alkyl halides is 3. The van der Waals surface area contributed by atoms with E-state index >= 15 is 0 Å². The first-order chi connectivity index (χ1) is 16.3. The lowest BCUT2D eigenvalue weighted by atomic mass is 10.2. The summed E-state index contributed by atoms with van der Waals surface area (Å²) in [7, 11) is 0. The van der Waals surface area contributed by atoms with E-state index in [0.717, 1.165) is 18.3 Å². The number of halogens is 4. The quantitative estimate of drug-likeness (QED) is 0.310. The van der Waals surface area contributed by atoms with E-state index in [0.29, 0.717) is 49.1 Å². The fourth-order valence-electron chi connectivity index (χ4n) is 3.22. The van der Waals surface area contributed by atoms with Crippen LogP contribution in [-0.2, 0) is 10.9 Å². The van der Waals surface area contributed by atoms with Crippen LogP contribution in [-0.4, -0.2) is 47.0 Å². The zero-order chi connectivity index (χ0) is 24.1. The Morgan fingerprint density at radius 3 is 2.56 bits per heavy atom.